The van der Waals surface area contributed by atoms with Crippen LogP contribution in [0.1, 0.15) is 79.4 Å². The molecule has 10 heteroatoms. The average molecular weight is 635 g/mol. The van der Waals surface area contributed by atoms with Gasteiger partial charge in [0.25, 0.3) is 5.91 Å². The molecule has 1 aromatic heterocycles. The van der Waals surface area contributed by atoms with Gasteiger partial charge < -0.3 is 15.0 Å². The number of esters is 1. The maximum Gasteiger partial charge on any atom is 0.416 e. The third kappa shape index (κ3) is 7.58. The quantitative estimate of drug-likeness (QED) is 0.259. The first-order valence-corrected chi connectivity index (χ1v) is 14.5. The predicted octanol–water partition coefficient (Wildman–Crippen LogP) is 7.56. The van der Waals surface area contributed by atoms with Crippen LogP contribution in [0.3, 0.4) is 0 Å². The molecule has 1 unspecified atom stereocenters. The highest BCUT2D eigenvalue weighted by Gasteiger charge is 2.35. The number of alkyl halides is 3. The first-order valence-electron chi connectivity index (χ1n) is 13.8. The molecule has 0 radical (unpaired) electrons. The molecule has 2 aromatic carbocycles. The van der Waals surface area contributed by atoms with Crippen molar-refractivity contribution in [2.45, 2.75) is 71.1 Å². The number of benzene rings is 2. The summed E-state index contributed by atoms with van der Waals surface area (Å²) in [5.74, 6) is -0.941. The van der Waals surface area contributed by atoms with Gasteiger partial charge in [0.2, 0.25) is 0 Å². The summed E-state index contributed by atoms with van der Waals surface area (Å²) in [4.78, 5) is 33.3. The van der Waals surface area contributed by atoms with E-state index >= 15 is 0 Å². The number of ether oxygens (including phenoxy) is 1. The van der Waals surface area contributed by atoms with Crippen LogP contribution in [0.15, 0.2) is 46.9 Å². The van der Waals surface area contributed by atoms with Crippen LogP contribution in [0.2, 0.25) is 0 Å². The molecule has 0 spiro atoms. The highest BCUT2D eigenvalue weighted by molar-refractivity contribution is 9.10. The second-order valence-electron chi connectivity index (χ2n) is 11.4. The van der Waals surface area contributed by atoms with Crippen LogP contribution in [0.5, 0.6) is 0 Å². The molecule has 0 bridgehead atoms. The van der Waals surface area contributed by atoms with Crippen LogP contribution in [0.25, 0.3) is 10.9 Å². The highest BCUT2D eigenvalue weighted by atomic mass is 79.9. The normalized spacial score (nSPS) is 14.8. The van der Waals surface area contributed by atoms with Gasteiger partial charge in [0.1, 0.15) is 11.4 Å². The number of rotatable bonds is 8. The summed E-state index contributed by atoms with van der Waals surface area (Å²) in [6, 6.07) is 10.8. The van der Waals surface area contributed by atoms with E-state index in [1.807, 2.05) is 25.1 Å². The summed E-state index contributed by atoms with van der Waals surface area (Å²) in [6.07, 6.45) is -2.52. The Labute approximate surface area is 246 Å². The summed E-state index contributed by atoms with van der Waals surface area (Å²) in [6.45, 7) is 8.66. The Bertz CT molecular complexity index is 1430. The van der Waals surface area contributed by atoms with Crippen LogP contribution in [-0.2, 0) is 15.7 Å². The lowest BCUT2D eigenvalue weighted by Crippen LogP contribution is -2.31. The molecule has 1 aliphatic heterocycles. The largest absolute Gasteiger partial charge is 0.460 e. The van der Waals surface area contributed by atoms with Crippen molar-refractivity contribution in [1.82, 2.24) is 10.3 Å². The second kappa shape index (κ2) is 12.4. The van der Waals surface area contributed by atoms with E-state index in [0.29, 0.717) is 16.5 Å². The fourth-order valence-corrected chi connectivity index (χ4v) is 5.68. The maximum absolute atomic E-state index is 14.0. The van der Waals surface area contributed by atoms with E-state index in [1.165, 1.54) is 18.2 Å². The summed E-state index contributed by atoms with van der Waals surface area (Å²) < 4.78 is 48.0. The number of fused-ring (bicyclic) bond motifs is 1. The summed E-state index contributed by atoms with van der Waals surface area (Å²) in [5, 5.41) is 3.55. The van der Waals surface area contributed by atoms with Crippen molar-refractivity contribution in [2.75, 3.05) is 24.5 Å². The topological polar surface area (TPSA) is 71.5 Å². The van der Waals surface area contributed by atoms with E-state index in [0.717, 1.165) is 47.9 Å². The van der Waals surface area contributed by atoms with Gasteiger partial charge in [-0.25, -0.2) is 4.98 Å². The number of pyridine rings is 1. The van der Waals surface area contributed by atoms with Crippen molar-refractivity contribution in [3.8, 4) is 0 Å². The van der Waals surface area contributed by atoms with E-state index in [-0.39, 0.29) is 24.9 Å². The zero-order valence-electron chi connectivity index (χ0n) is 23.7. The van der Waals surface area contributed by atoms with Crippen molar-refractivity contribution in [1.29, 1.82) is 0 Å². The zero-order valence-corrected chi connectivity index (χ0v) is 25.3. The molecule has 1 N–H and O–H groups in total. The monoisotopic (exact) mass is 633 g/mol. The van der Waals surface area contributed by atoms with Gasteiger partial charge in [0.05, 0.1) is 16.6 Å². The van der Waals surface area contributed by atoms with E-state index in [1.54, 1.807) is 20.8 Å². The number of hydrogen-bond donors (Lipinski definition) is 1. The van der Waals surface area contributed by atoms with Gasteiger partial charge in [-0.3, -0.25) is 9.59 Å². The Balaban J connectivity index is 1.67. The number of aromatic nitrogens is 1. The minimum Gasteiger partial charge on any atom is -0.460 e. The van der Waals surface area contributed by atoms with E-state index in [2.05, 4.69) is 26.1 Å². The number of nitrogens with zero attached hydrogens (tertiary/aromatic N) is 2. The van der Waals surface area contributed by atoms with Crippen molar-refractivity contribution in [2.24, 2.45) is 0 Å². The van der Waals surface area contributed by atoms with Crippen LogP contribution in [-0.4, -0.2) is 42.1 Å². The number of nitrogens with one attached hydrogen (secondary N) is 1. The molecule has 1 amide bonds. The summed E-state index contributed by atoms with van der Waals surface area (Å²) in [5.41, 5.74) is 0.347. The van der Waals surface area contributed by atoms with Crippen molar-refractivity contribution in [3.63, 3.8) is 0 Å². The lowest BCUT2D eigenvalue weighted by Gasteiger charge is -2.25. The second-order valence-corrected chi connectivity index (χ2v) is 12.3. The van der Waals surface area contributed by atoms with Gasteiger partial charge in [-0.2, -0.15) is 13.2 Å². The van der Waals surface area contributed by atoms with Gasteiger partial charge in [0.15, 0.2) is 0 Å². The predicted molar refractivity (Wildman–Crippen MR) is 157 cm³/mol. The molecule has 3 aromatic rings. The zero-order chi connectivity index (χ0) is 29.9. The smallest absolute Gasteiger partial charge is 0.416 e. The molecule has 220 valence electrons. The number of carbonyl (C=O) groups excluding carboxylic acids is 2. The van der Waals surface area contributed by atoms with Gasteiger partial charge in [0, 0.05) is 47.4 Å². The number of carbonyl (C=O) groups is 2. The molecular weight excluding hydrogens is 599 g/mol. The van der Waals surface area contributed by atoms with E-state index in [9.17, 15) is 22.8 Å². The molecule has 1 saturated heterocycles. The highest BCUT2D eigenvalue weighted by Crippen LogP contribution is 2.37. The lowest BCUT2D eigenvalue weighted by atomic mass is 9.89. The Morgan fingerprint density at radius 3 is 2.44 bits per heavy atom. The van der Waals surface area contributed by atoms with Crippen molar-refractivity contribution in [3.05, 3.63) is 69.2 Å². The fraction of sp³-hybridized carbons (Fsp3) is 0.452. The molecule has 2 heterocycles. The minimum atomic E-state index is -4.58. The number of hydrogen-bond acceptors (Lipinski definition) is 5. The third-order valence-corrected chi connectivity index (χ3v) is 7.62. The van der Waals surface area contributed by atoms with E-state index in [4.69, 9.17) is 9.72 Å². The molecule has 41 heavy (non-hydrogen) atoms. The number of halogens is 4. The minimum absolute atomic E-state index is 0.0284. The molecule has 6 nitrogen and oxygen atoms in total. The van der Waals surface area contributed by atoms with Crippen molar-refractivity contribution < 1.29 is 27.5 Å². The molecular formula is C31H35BrF3N3O3. The fourth-order valence-electron chi connectivity index (χ4n) is 5.31. The summed E-state index contributed by atoms with van der Waals surface area (Å²) >= 11 is 3.48. The molecule has 1 atom stereocenters. The van der Waals surface area contributed by atoms with E-state index < -0.39 is 35.1 Å². The standard InChI is InChI=1S/C31H35BrF3N3O3/c1-19-27(23-17-21(32)12-13-25(23)37-28(19)38-15-7-8-16-38)29(40)36-18-20(11-14-26(39)41-30(2,3)4)22-9-5-6-10-24(22)31(33,34)35/h5-6,9-10,12-13,17,20H,7-8,11,14-16,18H2,1-4H3,(H,36,40). The number of amides is 1. The average Bonchev–Trinajstić information content (AvgIpc) is 3.41. The maximum atomic E-state index is 14.0. The van der Waals surface area contributed by atoms with Crippen LogP contribution in [0.4, 0.5) is 19.0 Å². The first kappa shape index (κ1) is 30.8. The van der Waals surface area contributed by atoms with Gasteiger partial charge >= 0.3 is 12.1 Å². The van der Waals surface area contributed by atoms with Crippen LogP contribution < -0.4 is 10.2 Å². The lowest BCUT2D eigenvalue weighted by molar-refractivity contribution is -0.155. The van der Waals surface area contributed by atoms with Crippen LogP contribution in [0, 0.1) is 6.92 Å². The Morgan fingerprint density at radius 2 is 1.78 bits per heavy atom. The van der Waals surface area contributed by atoms with Gasteiger partial charge in [-0.05, 0) is 76.8 Å². The Hall–Kier alpha value is -3.14. The molecule has 0 aliphatic carbocycles. The van der Waals surface area contributed by atoms with Crippen molar-refractivity contribution >= 4 is 44.5 Å². The van der Waals surface area contributed by atoms with Gasteiger partial charge in [-0.15, -0.1) is 0 Å². The van der Waals surface area contributed by atoms with Gasteiger partial charge in [-0.1, -0.05) is 34.1 Å². The number of anilines is 1. The molecule has 0 saturated carbocycles. The molecule has 1 aliphatic rings. The molecule has 1 fully saturated rings. The third-order valence-electron chi connectivity index (χ3n) is 7.13. The first-order chi connectivity index (χ1) is 19.2. The summed E-state index contributed by atoms with van der Waals surface area (Å²) in [7, 11) is 0. The molecule has 4 rings (SSSR count). The van der Waals surface area contributed by atoms with Crippen LogP contribution >= 0.6 is 15.9 Å². The Morgan fingerprint density at radius 1 is 1.10 bits per heavy atom. The SMILES string of the molecule is Cc1c(N2CCCC2)nc2ccc(Br)cc2c1C(=O)NCC(CCC(=O)OC(C)(C)C)c1ccccc1C(F)(F)F. The Kier molecular flexibility index (Phi) is 9.31.